The molecular formula is C17H23N5O. The second-order valence-electron chi connectivity index (χ2n) is 6.26. The van der Waals surface area contributed by atoms with E-state index in [0.29, 0.717) is 18.9 Å². The normalized spacial score (nSPS) is 17.9. The van der Waals surface area contributed by atoms with Crippen molar-refractivity contribution >= 4 is 5.91 Å². The van der Waals surface area contributed by atoms with Crippen molar-refractivity contribution in [3.8, 4) is 0 Å². The van der Waals surface area contributed by atoms with E-state index in [0.717, 1.165) is 30.9 Å². The van der Waals surface area contributed by atoms with Gasteiger partial charge < -0.3 is 9.47 Å². The Bertz CT molecular complexity index is 652. The molecule has 6 nitrogen and oxygen atoms in total. The third-order valence-corrected chi connectivity index (χ3v) is 4.33. The summed E-state index contributed by atoms with van der Waals surface area (Å²) in [6.45, 7) is 5.72. The SMILES string of the molecule is CC(C)c1nccn1CCC(=O)N1CCC[C@@H]1c1cnccn1. The Hall–Kier alpha value is -2.24. The number of nitrogens with zero attached hydrogens (tertiary/aromatic N) is 5. The Morgan fingerprint density at radius 3 is 2.91 bits per heavy atom. The van der Waals surface area contributed by atoms with E-state index in [4.69, 9.17) is 0 Å². The summed E-state index contributed by atoms with van der Waals surface area (Å²) in [5, 5.41) is 0. The van der Waals surface area contributed by atoms with Crippen molar-refractivity contribution in [2.24, 2.45) is 0 Å². The second-order valence-corrected chi connectivity index (χ2v) is 6.26. The topological polar surface area (TPSA) is 63.9 Å². The molecule has 2 aromatic rings. The Balaban J connectivity index is 1.65. The van der Waals surface area contributed by atoms with Crippen LogP contribution in [-0.2, 0) is 11.3 Å². The number of carbonyl (C=O) groups is 1. The summed E-state index contributed by atoms with van der Waals surface area (Å²) in [7, 11) is 0. The molecule has 23 heavy (non-hydrogen) atoms. The predicted octanol–water partition coefficient (Wildman–Crippen LogP) is 2.55. The number of aromatic nitrogens is 4. The number of rotatable bonds is 5. The van der Waals surface area contributed by atoms with Gasteiger partial charge in [-0.05, 0) is 12.8 Å². The van der Waals surface area contributed by atoms with Gasteiger partial charge in [0.1, 0.15) is 5.82 Å². The molecule has 1 atom stereocenters. The van der Waals surface area contributed by atoms with E-state index in [9.17, 15) is 4.79 Å². The van der Waals surface area contributed by atoms with Gasteiger partial charge in [-0.3, -0.25) is 14.8 Å². The van der Waals surface area contributed by atoms with E-state index in [1.165, 1.54) is 0 Å². The average molecular weight is 313 g/mol. The van der Waals surface area contributed by atoms with E-state index in [-0.39, 0.29) is 11.9 Å². The number of amides is 1. The Morgan fingerprint density at radius 2 is 2.17 bits per heavy atom. The van der Waals surface area contributed by atoms with E-state index in [1.54, 1.807) is 24.8 Å². The van der Waals surface area contributed by atoms with Crippen LogP contribution < -0.4 is 0 Å². The van der Waals surface area contributed by atoms with E-state index < -0.39 is 0 Å². The van der Waals surface area contributed by atoms with Gasteiger partial charge in [0.15, 0.2) is 0 Å². The first-order valence-electron chi connectivity index (χ1n) is 8.23. The molecule has 0 unspecified atom stereocenters. The smallest absolute Gasteiger partial charge is 0.224 e. The highest BCUT2D eigenvalue weighted by molar-refractivity contribution is 5.76. The van der Waals surface area contributed by atoms with Crippen molar-refractivity contribution in [2.45, 2.75) is 51.6 Å². The fraction of sp³-hybridized carbons (Fsp3) is 0.529. The van der Waals surface area contributed by atoms with Gasteiger partial charge in [-0.15, -0.1) is 0 Å². The van der Waals surface area contributed by atoms with Crippen LogP contribution >= 0.6 is 0 Å². The van der Waals surface area contributed by atoms with Crippen molar-refractivity contribution in [1.82, 2.24) is 24.4 Å². The minimum atomic E-state index is 0.0727. The maximum absolute atomic E-state index is 12.6. The van der Waals surface area contributed by atoms with Crippen LogP contribution in [0.1, 0.15) is 56.6 Å². The van der Waals surface area contributed by atoms with Gasteiger partial charge in [0.2, 0.25) is 5.91 Å². The zero-order chi connectivity index (χ0) is 16.2. The van der Waals surface area contributed by atoms with Crippen LogP contribution in [0.15, 0.2) is 31.0 Å². The zero-order valence-electron chi connectivity index (χ0n) is 13.7. The molecule has 1 saturated heterocycles. The van der Waals surface area contributed by atoms with Gasteiger partial charge in [-0.2, -0.15) is 0 Å². The molecule has 122 valence electrons. The van der Waals surface area contributed by atoms with Crippen molar-refractivity contribution in [3.05, 3.63) is 42.5 Å². The third kappa shape index (κ3) is 3.41. The summed E-state index contributed by atoms with van der Waals surface area (Å²) in [5.41, 5.74) is 0.892. The zero-order valence-corrected chi connectivity index (χ0v) is 13.7. The molecule has 1 aliphatic heterocycles. The lowest BCUT2D eigenvalue weighted by Gasteiger charge is -2.24. The molecule has 3 heterocycles. The minimum absolute atomic E-state index is 0.0727. The van der Waals surface area contributed by atoms with Crippen LogP contribution in [0, 0.1) is 0 Å². The number of hydrogen-bond donors (Lipinski definition) is 0. The number of imidazole rings is 1. The number of likely N-dealkylation sites (tertiary alicyclic amines) is 1. The number of aryl methyl sites for hydroxylation is 1. The highest BCUT2D eigenvalue weighted by Crippen LogP contribution is 2.30. The Kier molecular flexibility index (Phi) is 4.69. The maximum Gasteiger partial charge on any atom is 0.224 e. The van der Waals surface area contributed by atoms with Crippen LogP contribution in [0.5, 0.6) is 0 Å². The summed E-state index contributed by atoms with van der Waals surface area (Å²) >= 11 is 0. The van der Waals surface area contributed by atoms with Gasteiger partial charge in [-0.25, -0.2) is 4.98 Å². The van der Waals surface area contributed by atoms with Gasteiger partial charge in [0.25, 0.3) is 0 Å². The van der Waals surface area contributed by atoms with Gasteiger partial charge in [0.05, 0.1) is 17.9 Å². The largest absolute Gasteiger partial charge is 0.334 e. The first kappa shape index (κ1) is 15.6. The molecule has 0 aromatic carbocycles. The first-order valence-corrected chi connectivity index (χ1v) is 8.23. The summed E-state index contributed by atoms with van der Waals surface area (Å²) < 4.78 is 2.08. The van der Waals surface area contributed by atoms with Crippen LogP contribution in [0.3, 0.4) is 0 Å². The van der Waals surface area contributed by atoms with Crippen molar-refractivity contribution in [3.63, 3.8) is 0 Å². The highest BCUT2D eigenvalue weighted by atomic mass is 16.2. The quantitative estimate of drug-likeness (QED) is 0.851. The van der Waals surface area contributed by atoms with Crippen molar-refractivity contribution < 1.29 is 4.79 Å². The molecule has 0 bridgehead atoms. The highest BCUT2D eigenvalue weighted by Gasteiger charge is 2.30. The maximum atomic E-state index is 12.6. The summed E-state index contributed by atoms with van der Waals surface area (Å²) in [4.78, 5) is 27.5. The average Bonchev–Trinajstić information content (AvgIpc) is 3.22. The van der Waals surface area contributed by atoms with Crippen LogP contribution in [0.25, 0.3) is 0 Å². The van der Waals surface area contributed by atoms with Crippen molar-refractivity contribution in [2.75, 3.05) is 6.54 Å². The van der Waals surface area contributed by atoms with Crippen LogP contribution in [0.4, 0.5) is 0 Å². The molecule has 1 aliphatic rings. The molecule has 1 fully saturated rings. The summed E-state index contributed by atoms with van der Waals surface area (Å²) in [6.07, 6.45) is 11.4. The lowest BCUT2D eigenvalue weighted by molar-refractivity contribution is -0.132. The van der Waals surface area contributed by atoms with E-state index in [1.807, 2.05) is 11.1 Å². The molecule has 6 heteroatoms. The van der Waals surface area contributed by atoms with Gasteiger partial charge >= 0.3 is 0 Å². The molecular weight excluding hydrogens is 290 g/mol. The number of carbonyl (C=O) groups excluding carboxylic acids is 1. The van der Waals surface area contributed by atoms with Crippen molar-refractivity contribution in [1.29, 1.82) is 0 Å². The predicted molar refractivity (Wildman–Crippen MR) is 86.7 cm³/mol. The number of hydrogen-bond acceptors (Lipinski definition) is 4. The van der Waals surface area contributed by atoms with Crippen LogP contribution in [-0.4, -0.2) is 36.9 Å². The first-order chi connectivity index (χ1) is 11.2. The summed E-state index contributed by atoms with van der Waals surface area (Å²) in [5.74, 6) is 1.57. The standard InChI is InChI=1S/C17H23N5O/c1-13(2)17-20-8-11-21(17)10-5-16(23)22-9-3-4-15(22)14-12-18-6-7-19-14/h6-8,11-13,15H,3-5,9-10H2,1-2H3/t15-/m1/s1. The Labute approximate surface area is 136 Å². The fourth-order valence-corrected chi connectivity index (χ4v) is 3.23. The monoisotopic (exact) mass is 313 g/mol. The molecule has 0 N–H and O–H groups in total. The lowest BCUT2D eigenvalue weighted by atomic mass is 10.1. The van der Waals surface area contributed by atoms with Gasteiger partial charge in [-0.1, -0.05) is 13.8 Å². The summed E-state index contributed by atoms with van der Waals surface area (Å²) in [6, 6.07) is 0.0727. The minimum Gasteiger partial charge on any atom is -0.334 e. The molecule has 0 radical (unpaired) electrons. The second kappa shape index (κ2) is 6.89. The van der Waals surface area contributed by atoms with E-state index >= 15 is 0 Å². The Morgan fingerprint density at radius 1 is 1.30 bits per heavy atom. The fourth-order valence-electron chi connectivity index (χ4n) is 3.23. The molecule has 3 rings (SSSR count). The lowest BCUT2D eigenvalue weighted by Crippen LogP contribution is -2.31. The molecule has 0 spiro atoms. The van der Waals surface area contributed by atoms with Gasteiger partial charge in [0, 0.05) is 50.2 Å². The third-order valence-electron chi connectivity index (χ3n) is 4.33. The molecule has 0 aliphatic carbocycles. The molecule has 1 amide bonds. The van der Waals surface area contributed by atoms with E-state index in [2.05, 4.69) is 33.4 Å². The van der Waals surface area contributed by atoms with Crippen LogP contribution in [0.2, 0.25) is 0 Å². The molecule has 0 saturated carbocycles. The molecule has 2 aromatic heterocycles.